The van der Waals surface area contributed by atoms with Crippen LogP contribution in [-0.4, -0.2) is 73.0 Å². The van der Waals surface area contributed by atoms with Crippen molar-refractivity contribution in [2.75, 3.05) is 39.3 Å². The van der Waals surface area contributed by atoms with Gasteiger partial charge in [-0.1, -0.05) is 12.8 Å². The molecule has 0 aromatic rings. The summed E-state index contributed by atoms with van der Waals surface area (Å²) in [5, 5.41) is 6.38. The molecule has 6 nitrogen and oxygen atoms in total. The van der Waals surface area contributed by atoms with Gasteiger partial charge in [0.1, 0.15) is 0 Å². The fourth-order valence-electron chi connectivity index (χ4n) is 3.83. The van der Waals surface area contributed by atoms with Gasteiger partial charge in [0.05, 0.1) is 6.54 Å². The molecule has 2 heterocycles. The minimum atomic E-state index is 0.118. The Balaban J connectivity index is 1.52. The maximum absolute atomic E-state index is 12.3. The van der Waals surface area contributed by atoms with Crippen LogP contribution in [0.2, 0.25) is 0 Å². The smallest absolute Gasteiger partial charge is 0.234 e. The minimum absolute atomic E-state index is 0.118. The standard InChI is InChI=1S/C15H26N4O2/c20-14-11-19(13-4-2-1-3-12(13)17-14)8-5-15(21)18-9-6-16-7-10-18/h12-13,16H,1-11H2,(H,17,20). The van der Waals surface area contributed by atoms with E-state index in [0.29, 0.717) is 25.0 Å². The van der Waals surface area contributed by atoms with Crippen molar-refractivity contribution in [3.05, 3.63) is 0 Å². The van der Waals surface area contributed by atoms with Crippen LogP contribution < -0.4 is 10.6 Å². The zero-order chi connectivity index (χ0) is 14.7. The van der Waals surface area contributed by atoms with Crippen molar-refractivity contribution < 1.29 is 9.59 Å². The molecule has 3 rings (SSSR count). The monoisotopic (exact) mass is 294 g/mol. The van der Waals surface area contributed by atoms with Gasteiger partial charge in [-0.15, -0.1) is 0 Å². The summed E-state index contributed by atoms with van der Waals surface area (Å²) in [7, 11) is 0. The van der Waals surface area contributed by atoms with Gasteiger partial charge in [0.15, 0.2) is 0 Å². The van der Waals surface area contributed by atoms with E-state index in [1.165, 1.54) is 12.8 Å². The Kier molecular flexibility index (Phi) is 4.75. The van der Waals surface area contributed by atoms with E-state index in [4.69, 9.17) is 0 Å². The van der Waals surface area contributed by atoms with E-state index in [9.17, 15) is 9.59 Å². The first-order chi connectivity index (χ1) is 10.2. The predicted octanol–water partition coefficient (Wildman–Crippen LogP) is -0.449. The van der Waals surface area contributed by atoms with Crippen molar-refractivity contribution in [2.45, 2.75) is 44.2 Å². The zero-order valence-corrected chi connectivity index (χ0v) is 12.6. The molecule has 2 amide bonds. The van der Waals surface area contributed by atoms with Gasteiger partial charge in [-0.2, -0.15) is 0 Å². The zero-order valence-electron chi connectivity index (χ0n) is 12.6. The van der Waals surface area contributed by atoms with Gasteiger partial charge >= 0.3 is 0 Å². The Bertz CT molecular complexity index is 395. The average Bonchev–Trinajstić information content (AvgIpc) is 2.53. The van der Waals surface area contributed by atoms with Gasteiger partial charge < -0.3 is 15.5 Å². The number of fused-ring (bicyclic) bond motifs is 1. The molecule has 0 aromatic carbocycles. The predicted molar refractivity (Wildman–Crippen MR) is 79.8 cm³/mol. The molecule has 2 N–H and O–H groups in total. The molecule has 2 atom stereocenters. The molecule has 1 aliphatic carbocycles. The van der Waals surface area contributed by atoms with E-state index in [1.807, 2.05) is 4.90 Å². The van der Waals surface area contributed by atoms with E-state index in [-0.39, 0.29) is 11.8 Å². The number of carbonyl (C=O) groups is 2. The van der Waals surface area contributed by atoms with Gasteiger partial charge in [-0.3, -0.25) is 14.5 Å². The Morgan fingerprint density at radius 2 is 1.95 bits per heavy atom. The van der Waals surface area contributed by atoms with Crippen molar-refractivity contribution in [1.29, 1.82) is 0 Å². The second-order valence-corrected chi connectivity index (χ2v) is 6.38. The Hall–Kier alpha value is -1.14. The summed E-state index contributed by atoms with van der Waals surface area (Å²) in [5.41, 5.74) is 0. The molecule has 2 aliphatic heterocycles. The van der Waals surface area contributed by atoms with Crippen molar-refractivity contribution in [3.63, 3.8) is 0 Å². The molecule has 1 saturated carbocycles. The molecule has 0 bridgehead atoms. The summed E-state index contributed by atoms with van der Waals surface area (Å²) in [4.78, 5) is 28.3. The van der Waals surface area contributed by atoms with Crippen molar-refractivity contribution in [3.8, 4) is 0 Å². The fraction of sp³-hybridized carbons (Fsp3) is 0.867. The van der Waals surface area contributed by atoms with E-state index >= 15 is 0 Å². The number of hydrogen-bond donors (Lipinski definition) is 2. The average molecular weight is 294 g/mol. The van der Waals surface area contributed by atoms with Crippen LogP contribution in [0.3, 0.4) is 0 Å². The highest BCUT2D eigenvalue weighted by molar-refractivity contribution is 5.80. The van der Waals surface area contributed by atoms with E-state index < -0.39 is 0 Å². The van der Waals surface area contributed by atoms with Crippen LogP contribution >= 0.6 is 0 Å². The molecule has 6 heteroatoms. The third-order valence-corrected chi connectivity index (χ3v) is 4.97. The highest BCUT2D eigenvalue weighted by Crippen LogP contribution is 2.25. The van der Waals surface area contributed by atoms with E-state index in [1.54, 1.807) is 0 Å². The van der Waals surface area contributed by atoms with Crippen LogP contribution in [0.1, 0.15) is 32.1 Å². The summed E-state index contributed by atoms with van der Waals surface area (Å²) in [5.74, 6) is 0.350. The fourth-order valence-corrected chi connectivity index (χ4v) is 3.83. The lowest BCUT2D eigenvalue weighted by molar-refractivity contribution is -0.134. The molecule has 2 unspecified atom stereocenters. The third kappa shape index (κ3) is 3.55. The van der Waals surface area contributed by atoms with Crippen molar-refractivity contribution in [2.24, 2.45) is 0 Å². The van der Waals surface area contributed by atoms with E-state index in [0.717, 1.165) is 45.6 Å². The minimum Gasteiger partial charge on any atom is -0.351 e. The maximum atomic E-state index is 12.3. The number of nitrogens with one attached hydrogen (secondary N) is 2. The van der Waals surface area contributed by atoms with E-state index in [2.05, 4.69) is 15.5 Å². The highest BCUT2D eigenvalue weighted by atomic mass is 16.2. The molecule has 21 heavy (non-hydrogen) atoms. The summed E-state index contributed by atoms with van der Waals surface area (Å²) in [6, 6.07) is 0.738. The largest absolute Gasteiger partial charge is 0.351 e. The van der Waals surface area contributed by atoms with Crippen LogP contribution in [0, 0.1) is 0 Å². The second-order valence-electron chi connectivity index (χ2n) is 6.38. The molecular weight excluding hydrogens is 268 g/mol. The summed E-state index contributed by atoms with van der Waals surface area (Å²) < 4.78 is 0. The molecule has 118 valence electrons. The lowest BCUT2D eigenvalue weighted by Gasteiger charge is -2.44. The third-order valence-electron chi connectivity index (χ3n) is 4.97. The van der Waals surface area contributed by atoms with Crippen LogP contribution in [0.25, 0.3) is 0 Å². The van der Waals surface area contributed by atoms with Crippen LogP contribution in [-0.2, 0) is 9.59 Å². The highest BCUT2D eigenvalue weighted by Gasteiger charge is 2.36. The van der Waals surface area contributed by atoms with Gasteiger partial charge in [0.2, 0.25) is 11.8 Å². The number of piperazine rings is 2. The molecule has 0 aromatic heterocycles. The quantitative estimate of drug-likeness (QED) is 0.740. The Morgan fingerprint density at radius 1 is 1.19 bits per heavy atom. The first-order valence-electron chi connectivity index (χ1n) is 8.26. The molecule has 2 saturated heterocycles. The summed E-state index contributed by atoms with van der Waals surface area (Å²) in [6.07, 6.45) is 5.20. The van der Waals surface area contributed by atoms with Crippen LogP contribution in [0.5, 0.6) is 0 Å². The number of rotatable bonds is 3. The lowest BCUT2D eigenvalue weighted by atomic mass is 9.87. The van der Waals surface area contributed by atoms with Gasteiger partial charge in [-0.05, 0) is 12.8 Å². The first-order valence-corrected chi connectivity index (χ1v) is 8.26. The normalized spacial score (nSPS) is 30.7. The second kappa shape index (κ2) is 6.75. The number of amides is 2. The van der Waals surface area contributed by atoms with Gasteiger partial charge in [0.25, 0.3) is 0 Å². The van der Waals surface area contributed by atoms with Crippen LogP contribution in [0.15, 0.2) is 0 Å². The van der Waals surface area contributed by atoms with Crippen LogP contribution in [0.4, 0.5) is 0 Å². The summed E-state index contributed by atoms with van der Waals surface area (Å²) >= 11 is 0. The molecule has 0 spiro atoms. The Labute approximate surface area is 126 Å². The van der Waals surface area contributed by atoms with Crippen molar-refractivity contribution >= 4 is 11.8 Å². The summed E-state index contributed by atoms with van der Waals surface area (Å²) in [6.45, 7) is 4.58. The number of hydrogen-bond acceptors (Lipinski definition) is 4. The SMILES string of the molecule is O=C1CN(CCC(=O)N2CCNCC2)C2CCCCC2N1. The van der Waals surface area contributed by atoms with Gasteiger partial charge in [0, 0.05) is 51.2 Å². The van der Waals surface area contributed by atoms with Gasteiger partial charge in [-0.25, -0.2) is 0 Å². The maximum Gasteiger partial charge on any atom is 0.234 e. The molecule has 0 radical (unpaired) electrons. The first kappa shape index (κ1) is 14.8. The molecular formula is C15H26N4O2. The molecule has 3 fully saturated rings. The topological polar surface area (TPSA) is 64.7 Å². The lowest BCUT2D eigenvalue weighted by Crippen LogP contribution is -2.61. The van der Waals surface area contributed by atoms with Crippen molar-refractivity contribution in [1.82, 2.24) is 20.4 Å². The number of nitrogens with zero attached hydrogens (tertiary/aromatic N) is 2. The molecule has 3 aliphatic rings. The number of carbonyl (C=O) groups excluding carboxylic acids is 2. The Morgan fingerprint density at radius 3 is 2.76 bits per heavy atom.